The number of carbonyl (C=O) groups excluding carboxylic acids is 1. The van der Waals surface area contributed by atoms with Crippen LogP contribution < -0.4 is 9.47 Å². The Morgan fingerprint density at radius 1 is 1.30 bits per heavy atom. The lowest BCUT2D eigenvalue weighted by Gasteiger charge is -2.20. The van der Waals surface area contributed by atoms with Crippen molar-refractivity contribution in [1.29, 1.82) is 0 Å². The van der Waals surface area contributed by atoms with Gasteiger partial charge in [-0.15, -0.1) is 0 Å². The summed E-state index contributed by atoms with van der Waals surface area (Å²) >= 11 is 0. The summed E-state index contributed by atoms with van der Waals surface area (Å²) in [5.74, 6) is 0.999. The third kappa shape index (κ3) is 4.36. The molecule has 3 rings (SSSR count). The molecule has 0 saturated heterocycles. The van der Waals surface area contributed by atoms with Gasteiger partial charge in [0.05, 0.1) is 12.4 Å². The molecular formula is C18H23NO7S. The van der Waals surface area contributed by atoms with Gasteiger partial charge in [-0.1, -0.05) is 0 Å². The second kappa shape index (κ2) is 6.72. The van der Waals surface area contributed by atoms with E-state index in [2.05, 4.69) is 0 Å². The summed E-state index contributed by atoms with van der Waals surface area (Å²) in [6.45, 7) is 7.07. The van der Waals surface area contributed by atoms with Crippen molar-refractivity contribution in [3.05, 3.63) is 23.9 Å². The van der Waals surface area contributed by atoms with E-state index in [4.69, 9.17) is 18.4 Å². The zero-order valence-corrected chi connectivity index (χ0v) is 16.8. The van der Waals surface area contributed by atoms with Crippen LogP contribution in [0.3, 0.4) is 0 Å². The fourth-order valence-corrected chi connectivity index (χ4v) is 3.67. The summed E-state index contributed by atoms with van der Waals surface area (Å²) in [7, 11) is -3.58. The average Bonchev–Trinajstić information content (AvgIpc) is 3.07. The Morgan fingerprint density at radius 3 is 2.63 bits per heavy atom. The van der Waals surface area contributed by atoms with Crippen LogP contribution in [-0.2, 0) is 25.5 Å². The number of nitrogens with zero attached hydrogens (tertiary/aromatic N) is 1. The maximum atomic E-state index is 12.7. The van der Waals surface area contributed by atoms with Crippen LogP contribution in [0.25, 0.3) is 10.9 Å². The van der Waals surface area contributed by atoms with E-state index in [1.807, 2.05) is 6.07 Å². The van der Waals surface area contributed by atoms with Gasteiger partial charge in [0.15, 0.2) is 11.5 Å². The number of benzene rings is 1. The Bertz CT molecular complexity index is 985. The molecule has 1 aromatic carbocycles. The Hall–Kier alpha value is -2.26. The number of carbonyl (C=O) groups is 1. The van der Waals surface area contributed by atoms with Crippen molar-refractivity contribution in [3.63, 3.8) is 0 Å². The van der Waals surface area contributed by atoms with Crippen molar-refractivity contribution in [1.82, 2.24) is 4.57 Å². The smallest absolute Gasteiger partial charge is 0.419 e. The lowest BCUT2D eigenvalue weighted by atomic mass is 10.1. The molecule has 9 heteroatoms. The zero-order valence-electron chi connectivity index (χ0n) is 15.9. The minimum Gasteiger partial charge on any atom is -0.454 e. The van der Waals surface area contributed by atoms with Crippen LogP contribution in [0, 0.1) is 0 Å². The summed E-state index contributed by atoms with van der Waals surface area (Å²) in [4.78, 5) is 12.7. The molecule has 0 aliphatic carbocycles. The quantitative estimate of drug-likeness (QED) is 0.732. The minimum absolute atomic E-state index is 0.0663. The molecule has 2 aromatic rings. The number of hydrogen-bond donors (Lipinski definition) is 0. The van der Waals surface area contributed by atoms with Crippen LogP contribution in [-0.4, -0.2) is 43.8 Å². The second-order valence-corrected chi connectivity index (χ2v) is 9.12. The van der Waals surface area contributed by atoms with Gasteiger partial charge in [-0.05, 0) is 45.4 Å². The lowest BCUT2D eigenvalue weighted by Crippen LogP contribution is -2.26. The molecule has 0 N–H and O–H groups in total. The first-order valence-corrected chi connectivity index (χ1v) is 10.3. The fourth-order valence-electron chi connectivity index (χ4n) is 3.01. The van der Waals surface area contributed by atoms with Crippen LogP contribution >= 0.6 is 0 Å². The van der Waals surface area contributed by atoms with Crippen molar-refractivity contribution in [2.75, 3.05) is 13.0 Å². The molecule has 8 nitrogen and oxygen atoms in total. The lowest BCUT2D eigenvalue weighted by molar-refractivity contribution is 0.0543. The topological polar surface area (TPSA) is 93.1 Å². The number of aromatic nitrogens is 1. The molecule has 1 unspecified atom stereocenters. The van der Waals surface area contributed by atoms with E-state index in [1.54, 1.807) is 40.0 Å². The number of rotatable bonds is 4. The van der Waals surface area contributed by atoms with Gasteiger partial charge < -0.3 is 14.2 Å². The maximum Gasteiger partial charge on any atom is 0.419 e. The van der Waals surface area contributed by atoms with Crippen molar-refractivity contribution >= 4 is 27.1 Å². The van der Waals surface area contributed by atoms with Gasteiger partial charge in [0, 0.05) is 18.0 Å². The summed E-state index contributed by atoms with van der Waals surface area (Å²) in [6, 6.07) is 3.57. The molecule has 0 amide bonds. The minimum atomic E-state index is -3.58. The molecule has 1 aliphatic heterocycles. The van der Waals surface area contributed by atoms with Crippen molar-refractivity contribution < 1.29 is 31.6 Å². The molecule has 0 radical (unpaired) electrons. The predicted octanol–water partition coefficient (Wildman–Crippen LogP) is 3.06. The first-order valence-electron chi connectivity index (χ1n) is 8.49. The Morgan fingerprint density at radius 2 is 2.00 bits per heavy atom. The summed E-state index contributed by atoms with van der Waals surface area (Å²) in [5.41, 5.74) is 0.599. The Labute approximate surface area is 158 Å². The van der Waals surface area contributed by atoms with E-state index in [9.17, 15) is 13.2 Å². The third-order valence-corrected chi connectivity index (χ3v) is 4.50. The van der Waals surface area contributed by atoms with E-state index in [0.717, 1.165) is 17.2 Å². The van der Waals surface area contributed by atoms with Gasteiger partial charge in [-0.3, -0.25) is 4.18 Å². The first kappa shape index (κ1) is 19.5. The van der Waals surface area contributed by atoms with Crippen molar-refractivity contribution in [2.24, 2.45) is 0 Å². The molecule has 0 bridgehead atoms. The van der Waals surface area contributed by atoms with Crippen LogP contribution in [0.1, 0.15) is 33.3 Å². The molecule has 0 saturated carbocycles. The van der Waals surface area contributed by atoms with Crippen LogP contribution in [0.4, 0.5) is 4.79 Å². The summed E-state index contributed by atoms with van der Waals surface area (Å²) in [5, 5.41) is 0.745. The largest absolute Gasteiger partial charge is 0.454 e. The fraction of sp³-hybridized carbons (Fsp3) is 0.500. The SMILES string of the molecule is CC(Cc1cn(C(=O)OC(C)(C)C)c2c3c(ccc12)OCO3)OS(C)(=O)=O. The zero-order chi connectivity index (χ0) is 20.0. The molecule has 148 valence electrons. The molecule has 27 heavy (non-hydrogen) atoms. The highest BCUT2D eigenvalue weighted by molar-refractivity contribution is 7.86. The van der Waals surface area contributed by atoms with E-state index in [-0.39, 0.29) is 6.79 Å². The molecule has 2 heterocycles. The Kier molecular flexibility index (Phi) is 4.85. The highest BCUT2D eigenvalue weighted by Crippen LogP contribution is 2.41. The Balaban J connectivity index is 2.06. The van der Waals surface area contributed by atoms with Crippen LogP contribution in [0.15, 0.2) is 18.3 Å². The van der Waals surface area contributed by atoms with E-state index < -0.39 is 27.9 Å². The number of hydrogen-bond acceptors (Lipinski definition) is 7. The average molecular weight is 397 g/mol. The van der Waals surface area contributed by atoms with E-state index in [0.29, 0.717) is 23.4 Å². The van der Waals surface area contributed by atoms with Crippen LogP contribution in [0.5, 0.6) is 11.5 Å². The van der Waals surface area contributed by atoms with Gasteiger partial charge in [0.1, 0.15) is 11.1 Å². The highest BCUT2D eigenvalue weighted by Gasteiger charge is 2.27. The second-order valence-electron chi connectivity index (χ2n) is 7.52. The molecule has 0 spiro atoms. The van der Waals surface area contributed by atoms with Crippen LogP contribution in [0.2, 0.25) is 0 Å². The summed E-state index contributed by atoms with van der Waals surface area (Å²) in [6.07, 6.45) is 1.77. The van der Waals surface area contributed by atoms with Gasteiger partial charge in [-0.25, -0.2) is 9.36 Å². The van der Waals surface area contributed by atoms with Crippen molar-refractivity contribution in [2.45, 2.75) is 45.8 Å². The normalized spacial score (nSPS) is 15.1. The van der Waals surface area contributed by atoms with E-state index in [1.165, 1.54) is 4.57 Å². The standard InChI is InChI=1S/C18H23NO7S/c1-11(26-27(5,21)22)8-12-9-19(17(20)25-18(2,3)4)15-13(12)6-7-14-16(15)24-10-23-14/h6-7,9,11H,8,10H2,1-5H3. The van der Waals surface area contributed by atoms with Gasteiger partial charge >= 0.3 is 6.09 Å². The van der Waals surface area contributed by atoms with Gasteiger partial charge in [0.25, 0.3) is 10.1 Å². The molecular weight excluding hydrogens is 374 g/mol. The molecule has 1 atom stereocenters. The van der Waals surface area contributed by atoms with Gasteiger partial charge in [-0.2, -0.15) is 8.42 Å². The van der Waals surface area contributed by atoms with E-state index >= 15 is 0 Å². The molecule has 0 fully saturated rings. The van der Waals surface area contributed by atoms with Crippen molar-refractivity contribution in [3.8, 4) is 11.5 Å². The number of fused-ring (bicyclic) bond motifs is 3. The monoisotopic (exact) mass is 397 g/mol. The predicted molar refractivity (Wildman–Crippen MR) is 98.8 cm³/mol. The molecule has 1 aliphatic rings. The van der Waals surface area contributed by atoms with Gasteiger partial charge in [0.2, 0.25) is 6.79 Å². The maximum absolute atomic E-state index is 12.7. The highest BCUT2D eigenvalue weighted by atomic mass is 32.2. The number of ether oxygens (including phenoxy) is 3. The first-order chi connectivity index (χ1) is 12.4. The summed E-state index contributed by atoms with van der Waals surface area (Å²) < 4.78 is 45.6. The third-order valence-electron chi connectivity index (χ3n) is 3.82. The molecule has 1 aromatic heterocycles.